The third kappa shape index (κ3) is 7.55. The summed E-state index contributed by atoms with van der Waals surface area (Å²) in [4.78, 5) is 28.6. The molecule has 3 rings (SSSR count). The molecule has 0 heterocycles. The van der Waals surface area contributed by atoms with Crippen molar-refractivity contribution in [3.05, 3.63) is 88.9 Å². The zero-order valence-corrected chi connectivity index (χ0v) is 25.2. The van der Waals surface area contributed by atoms with E-state index in [1.165, 1.54) is 24.1 Å². The zero-order valence-electron chi connectivity index (χ0n) is 23.6. The lowest BCUT2D eigenvalue weighted by Gasteiger charge is -2.34. The molecule has 214 valence electrons. The molecule has 0 aliphatic heterocycles. The Kier molecular flexibility index (Phi) is 9.87. The minimum absolute atomic E-state index is 0.00140. The van der Waals surface area contributed by atoms with E-state index < -0.39 is 34.1 Å². The number of carbonyl (C=O) groups excluding carboxylic acids is 2. The van der Waals surface area contributed by atoms with Gasteiger partial charge in [-0.2, -0.15) is 0 Å². The standard InChI is InChI=1S/C30H36ClN3O5S/c1-21-16-17-27(39-6)26(18-21)34(40(37,38)24-13-8-7-9-14-24)20-28(35)33(19-23-12-10-11-15-25(23)31)22(2)29(36)32-30(3,4)5/h7-18,22H,19-20H2,1-6H3,(H,32,36). The normalized spacial score (nSPS) is 12.4. The molecule has 0 saturated carbocycles. The van der Waals surface area contributed by atoms with Gasteiger partial charge >= 0.3 is 0 Å². The van der Waals surface area contributed by atoms with Crippen LogP contribution in [-0.4, -0.2) is 50.4 Å². The SMILES string of the molecule is COc1ccc(C)cc1N(CC(=O)N(Cc1ccccc1Cl)C(C)C(=O)NC(C)(C)C)S(=O)(=O)c1ccccc1. The summed E-state index contributed by atoms with van der Waals surface area (Å²) in [6, 6.07) is 19.1. The average Bonchev–Trinajstić information content (AvgIpc) is 2.90. The van der Waals surface area contributed by atoms with Crippen LogP contribution in [0.2, 0.25) is 5.02 Å². The molecule has 3 aromatic carbocycles. The van der Waals surface area contributed by atoms with Crippen LogP contribution in [0.5, 0.6) is 5.75 Å². The monoisotopic (exact) mass is 585 g/mol. The zero-order chi connectivity index (χ0) is 29.7. The highest BCUT2D eigenvalue weighted by Gasteiger charge is 2.34. The Balaban J connectivity index is 2.11. The van der Waals surface area contributed by atoms with E-state index in [-0.39, 0.29) is 28.8 Å². The summed E-state index contributed by atoms with van der Waals surface area (Å²) >= 11 is 6.41. The van der Waals surface area contributed by atoms with Gasteiger partial charge in [0.1, 0.15) is 18.3 Å². The summed E-state index contributed by atoms with van der Waals surface area (Å²) in [5, 5.41) is 3.33. The quantitative estimate of drug-likeness (QED) is 0.353. The highest BCUT2D eigenvalue weighted by atomic mass is 35.5. The van der Waals surface area contributed by atoms with E-state index in [4.69, 9.17) is 16.3 Å². The number of aryl methyl sites for hydroxylation is 1. The number of sulfonamides is 1. The number of hydrogen-bond donors (Lipinski definition) is 1. The number of amides is 2. The molecular weight excluding hydrogens is 550 g/mol. The maximum absolute atomic E-state index is 14.1. The number of ether oxygens (including phenoxy) is 1. The molecule has 1 atom stereocenters. The number of benzene rings is 3. The van der Waals surface area contributed by atoms with E-state index in [0.29, 0.717) is 10.6 Å². The van der Waals surface area contributed by atoms with Crippen LogP contribution in [0.1, 0.15) is 38.8 Å². The van der Waals surface area contributed by atoms with Gasteiger partial charge in [0.15, 0.2) is 0 Å². The lowest BCUT2D eigenvalue weighted by Crippen LogP contribution is -2.54. The Morgan fingerprint density at radius 1 is 1.00 bits per heavy atom. The molecule has 0 bridgehead atoms. The van der Waals surface area contributed by atoms with Crippen LogP contribution < -0.4 is 14.4 Å². The van der Waals surface area contributed by atoms with E-state index in [9.17, 15) is 18.0 Å². The number of anilines is 1. The molecule has 0 saturated heterocycles. The van der Waals surface area contributed by atoms with Crippen LogP contribution >= 0.6 is 11.6 Å². The van der Waals surface area contributed by atoms with Crippen molar-refractivity contribution >= 4 is 39.1 Å². The van der Waals surface area contributed by atoms with Gasteiger partial charge in [0, 0.05) is 17.1 Å². The number of methoxy groups -OCH3 is 1. The summed E-state index contributed by atoms with van der Waals surface area (Å²) in [6.07, 6.45) is 0. The Morgan fingerprint density at radius 2 is 1.62 bits per heavy atom. The van der Waals surface area contributed by atoms with Crippen LogP contribution in [0.4, 0.5) is 5.69 Å². The number of nitrogens with one attached hydrogen (secondary N) is 1. The Bertz CT molecular complexity index is 1460. The Morgan fingerprint density at radius 3 is 2.23 bits per heavy atom. The molecule has 2 amide bonds. The molecule has 1 N–H and O–H groups in total. The number of carbonyl (C=O) groups is 2. The first-order chi connectivity index (χ1) is 18.7. The van der Waals surface area contributed by atoms with Crippen molar-refractivity contribution in [3.8, 4) is 5.75 Å². The van der Waals surface area contributed by atoms with E-state index in [0.717, 1.165) is 9.87 Å². The summed E-state index contributed by atoms with van der Waals surface area (Å²) in [5.41, 5.74) is 1.08. The maximum atomic E-state index is 14.1. The summed E-state index contributed by atoms with van der Waals surface area (Å²) in [7, 11) is -2.77. The molecule has 1 unspecified atom stereocenters. The predicted octanol–water partition coefficient (Wildman–Crippen LogP) is 5.18. The van der Waals surface area contributed by atoms with Crippen molar-refractivity contribution in [2.24, 2.45) is 0 Å². The second-order valence-electron chi connectivity index (χ2n) is 10.5. The lowest BCUT2D eigenvalue weighted by molar-refractivity contribution is -0.140. The van der Waals surface area contributed by atoms with E-state index >= 15 is 0 Å². The minimum Gasteiger partial charge on any atom is -0.495 e. The van der Waals surface area contributed by atoms with Crippen LogP contribution in [0, 0.1) is 6.92 Å². The Hall–Kier alpha value is -3.56. The molecule has 0 aromatic heterocycles. The first-order valence-electron chi connectivity index (χ1n) is 12.8. The summed E-state index contributed by atoms with van der Waals surface area (Å²) in [6.45, 7) is 8.39. The van der Waals surface area contributed by atoms with Gasteiger partial charge in [0.25, 0.3) is 10.0 Å². The van der Waals surface area contributed by atoms with E-state index in [2.05, 4.69) is 5.32 Å². The topological polar surface area (TPSA) is 96.0 Å². The van der Waals surface area contributed by atoms with Crippen LogP contribution in [0.3, 0.4) is 0 Å². The van der Waals surface area contributed by atoms with Crippen LogP contribution in [0.25, 0.3) is 0 Å². The lowest BCUT2D eigenvalue weighted by atomic mass is 10.1. The van der Waals surface area contributed by atoms with Crippen molar-refractivity contribution in [2.75, 3.05) is 18.0 Å². The molecule has 0 aliphatic carbocycles. The molecule has 0 fully saturated rings. The second kappa shape index (κ2) is 12.7. The first-order valence-corrected chi connectivity index (χ1v) is 14.6. The number of hydrogen-bond acceptors (Lipinski definition) is 5. The highest BCUT2D eigenvalue weighted by Crippen LogP contribution is 2.34. The van der Waals surface area contributed by atoms with Gasteiger partial charge in [-0.15, -0.1) is 0 Å². The molecule has 3 aromatic rings. The van der Waals surface area contributed by atoms with Gasteiger partial charge in [0.05, 0.1) is 17.7 Å². The van der Waals surface area contributed by atoms with Gasteiger partial charge in [-0.25, -0.2) is 8.42 Å². The fraction of sp³-hybridized carbons (Fsp3) is 0.333. The van der Waals surface area contributed by atoms with Crippen molar-refractivity contribution in [1.29, 1.82) is 0 Å². The van der Waals surface area contributed by atoms with Crippen LogP contribution in [0.15, 0.2) is 77.7 Å². The summed E-state index contributed by atoms with van der Waals surface area (Å²) in [5.74, 6) is -0.674. The Labute approximate surface area is 241 Å². The largest absolute Gasteiger partial charge is 0.495 e. The van der Waals surface area contributed by atoms with Crippen molar-refractivity contribution in [2.45, 2.75) is 57.6 Å². The molecule has 0 aliphatic rings. The smallest absolute Gasteiger partial charge is 0.264 e. The van der Waals surface area contributed by atoms with Crippen LogP contribution in [-0.2, 0) is 26.2 Å². The number of rotatable bonds is 10. The third-order valence-corrected chi connectivity index (χ3v) is 8.32. The van der Waals surface area contributed by atoms with Gasteiger partial charge in [-0.3, -0.25) is 13.9 Å². The van der Waals surface area contributed by atoms with Crippen molar-refractivity contribution in [1.82, 2.24) is 10.2 Å². The van der Waals surface area contributed by atoms with Gasteiger partial charge in [0.2, 0.25) is 11.8 Å². The van der Waals surface area contributed by atoms with Gasteiger partial charge in [-0.1, -0.05) is 54.1 Å². The predicted molar refractivity (Wildman–Crippen MR) is 158 cm³/mol. The van der Waals surface area contributed by atoms with E-state index in [1.54, 1.807) is 67.6 Å². The highest BCUT2D eigenvalue weighted by molar-refractivity contribution is 7.92. The minimum atomic E-state index is -4.21. The van der Waals surface area contributed by atoms with E-state index in [1.807, 2.05) is 27.7 Å². The van der Waals surface area contributed by atoms with Gasteiger partial charge in [-0.05, 0) is 76.1 Å². The molecule has 40 heavy (non-hydrogen) atoms. The third-order valence-electron chi connectivity index (χ3n) is 6.18. The molecule has 10 heteroatoms. The second-order valence-corrected chi connectivity index (χ2v) is 12.8. The fourth-order valence-corrected chi connectivity index (χ4v) is 5.73. The molecule has 8 nitrogen and oxygen atoms in total. The van der Waals surface area contributed by atoms with Crippen molar-refractivity contribution in [3.63, 3.8) is 0 Å². The first kappa shape index (κ1) is 31.0. The number of halogens is 1. The molecule has 0 spiro atoms. The maximum Gasteiger partial charge on any atom is 0.264 e. The average molecular weight is 586 g/mol. The number of nitrogens with zero attached hydrogens (tertiary/aromatic N) is 2. The van der Waals surface area contributed by atoms with Crippen molar-refractivity contribution < 1.29 is 22.7 Å². The van der Waals surface area contributed by atoms with Gasteiger partial charge < -0.3 is 15.0 Å². The summed E-state index contributed by atoms with van der Waals surface area (Å²) < 4.78 is 34.5. The molecular formula is C30H36ClN3O5S. The molecule has 0 radical (unpaired) electrons. The fourth-order valence-electron chi connectivity index (χ4n) is 4.09.